The lowest BCUT2D eigenvalue weighted by Crippen LogP contribution is -2.52. The highest BCUT2D eigenvalue weighted by molar-refractivity contribution is 5.78. The van der Waals surface area contributed by atoms with Gasteiger partial charge in [-0.3, -0.25) is 14.8 Å². The van der Waals surface area contributed by atoms with Gasteiger partial charge in [-0.15, -0.1) is 0 Å². The summed E-state index contributed by atoms with van der Waals surface area (Å²) in [6, 6.07) is 19.5. The van der Waals surface area contributed by atoms with Crippen molar-refractivity contribution >= 4 is 10.9 Å². The Morgan fingerprint density at radius 3 is 2.68 bits per heavy atom. The van der Waals surface area contributed by atoms with Gasteiger partial charge in [-0.25, -0.2) is 4.39 Å². The molecule has 0 aliphatic carbocycles. The van der Waals surface area contributed by atoms with Gasteiger partial charge in [0.15, 0.2) is 0 Å². The zero-order valence-electron chi connectivity index (χ0n) is 16.0. The molecule has 0 spiro atoms. The molecule has 4 rings (SSSR count). The number of benzene rings is 2. The molecule has 1 fully saturated rings. The Bertz CT molecular complexity index is 918. The number of halogens is 1. The van der Waals surface area contributed by atoms with Crippen LogP contribution in [0.2, 0.25) is 0 Å². The van der Waals surface area contributed by atoms with Crippen molar-refractivity contribution in [1.82, 2.24) is 14.8 Å². The Balaban J connectivity index is 1.43. The predicted molar refractivity (Wildman–Crippen MR) is 109 cm³/mol. The van der Waals surface area contributed by atoms with Gasteiger partial charge in [0.05, 0.1) is 11.2 Å². The molecule has 28 heavy (non-hydrogen) atoms. The number of piperazine rings is 1. The minimum atomic E-state index is -0.233. The summed E-state index contributed by atoms with van der Waals surface area (Å²) in [5.74, 6) is -0.233. The van der Waals surface area contributed by atoms with Gasteiger partial charge in [0, 0.05) is 50.8 Å². The summed E-state index contributed by atoms with van der Waals surface area (Å²) in [6.07, 6.45) is 0.772. The molecule has 5 heteroatoms. The van der Waals surface area contributed by atoms with Gasteiger partial charge in [0.25, 0.3) is 0 Å². The largest absolute Gasteiger partial charge is 0.396 e. The summed E-state index contributed by atoms with van der Waals surface area (Å²) in [4.78, 5) is 9.57. The highest BCUT2D eigenvalue weighted by atomic mass is 19.1. The van der Waals surface area contributed by atoms with E-state index >= 15 is 0 Å². The van der Waals surface area contributed by atoms with Gasteiger partial charge in [-0.2, -0.15) is 0 Å². The number of aliphatic hydroxyl groups excluding tert-OH is 1. The molecule has 4 nitrogen and oxygen atoms in total. The fourth-order valence-electron chi connectivity index (χ4n) is 4.01. The molecule has 0 amide bonds. The van der Waals surface area contributed by atoms with Crippen molar-refractivity contribution in [3.63, 3.8) is 0 Å². The van der Waals surface area contributed by atoms with E-state index in [4.69, 9.17) is 4.98 Å². The molecule has 2 heterocycles. The van der Waals surface area contributed by atoms with Gasteiger partial charge < -0.3 is 5.11 Å². The quantitative estimate of drug-likeness (QED) is 0.712. The molecule has 0 unspecified atom stereocenters. The third kappa shape index (κ3) is 4.55. The topological polar surface area (TPSA) is 39.6 Å². The molecule has 1 aliphatic rings. The van der Waals surface area contributed by atoms with Crippen molar-refractivity contribution in [2.45, 2.75) is 25.6 Å². The van der Waals surface area contributed by atoms with Gasteiger partial charge in [-0.05, 0) is 36.2 Å². The third-order valence-electron chi connectivity index (χ3n) is 5.47. The first-order valence-electron chi connectivity index (χ1n) is 9.87. The van der Waals surface area contributed by atoms with Crippen molar-refractivity contribution in [2.24, 2.45) is 0 Å². The second kappa shape index (κ2) is 8.78. The fourth-order valence-corrected chi connectivity index (χ4v) is 4.01. The first kappa shape index (κ1) is 19.0. The van der Waals surface area contributed by atoms with Crippen LogP contribution in [0.5, 0.6) is 0 Å². The summed E-state index contributed by atoms with van der Waals surface area (Å²) in [7, 11) is 0. The van der Waals surface area contributed by atoms with Crippen LogP contribution in [0.15, 0.2) is 60.7 Å². The van der Waals surface area contributed by atoms with Crippen LogP contribution in [0.4, 0.5) is 4.39 Å². The van der Waals surface area contributed by atoms with E-state index in [-0.39, 0.29) is 12.4 Å². The van der Waals surface area contributed by atoms with E-state index < -0.39 is 0 Å². The highest BCUT2D eigenvalue weighted by Crippen LogP contribution is 2.19. The summed E-state index contributed by atoms with van der Waals surface area (Å²) in [5.41, 5.74) is 3.13. The molecule has 1 aromatic heterocycles. The highest BCUT2D eigenvalue weighted by Gasteiger charge is 2.26. The standard InChI is InChI=1S/C23H26FN3O/c24-20-7-9-23-19(14-20)6-8-21(25-23)16-26-11-12-27(22(17-26)10-13-28)15-18-4-2-1-3-5-18/h1-9,14,22,28H,10-13,15-17H2/t22-/m0/s1. The average Bonchev–Trinajstić information content (AvgIpc) is 2.71. The lowest BCUT2D eigenvalue weighted by molar-refractivity contribution is 0.0494. The Labute approximate surface area is 165 Å². The van der Waals surface area contributed by atoms with Gasteiger partial charge in [0.1, 0.15) is 5.82 Å². The van der Waals surface area contributed by atoms with Crippen LogP contribution in [-0.2, 0) is 13.1 Å². The maximum absolute atomic E-state index is 13.4. The van der Waals surface area contributed by atoms with Gasteiger partial charge in [0.2, 0.25) is 0 Å². The number of rotatable bonds is 6. The molecule has 0 saturated carbocycles. The Kier molecular flexibility index (Phi) is 5.95. The van der Waals surface area contributed by atoms with Crippen LogP contribution in [0, 0.1) is 5.82 Å². The van der Waals surface area contributed by atoms with Crippen LogP contribution in [0.3, 0.4) is 0 Å². The van der Waals surface area contributed by atoms with E-state index in [1.54, 1.807) is 6.07 Å². The smallest absolute Gasteiger partial charge is 0.123 e. The average molecular weight is 379 g/mol. The lowest BCUT2D eigenvalue weighted by Gasteiger charge is -2.41. The zero-order valence-corrected chi connectivity index (χ0v) is 16.0. The van der Waals surface area contributed by atoms with Crippen molar-refractivity contribution < 1.29 is 9.50 Å². The number of hydrogen-bond acceptors (Lipinski definition) is 4. The van der Waals surface area contributed by atoms with Crippen molar-refractivity contribution in [1.29, 1.82) is 0 Å². The van der Waals surface area contributed by atoms with E-state index in [0.717, 1.165) is 55.7 Å². The van der Waals surface area contributed by atoms with Crippen molar-refractivity contribution in [3.8, 4) is 0 Å². The van der Waals surface area contributed by atoms with Crippen LogP contribution in [0.1, 0.15) is 17.7 Å². The first-order chi connectivity index (χ1) is 13.7. The number of nitrogens with zero attached hydrogens (tertiary/aromatic N) is 3. The molecule has 1 atom stereocenters. The maximum Gasteiger partial charge on any atom is 0.123 e. The first-order valence-corrected chi connectivity index (χ1v) is 9.87. The molecular formula is C23H26FN3O. The van der Waals surface area contributed by atoms with Crippen LogP contribution in [0.25, 0.3) is 10.9 Å². The SMILES string of the molecule is OCC[C@H]1CN(Cc2ccc3cc(F)ccc3n2)CCN1Cc1ccccc1. The summed E-state index contributed by atoms with van der Waals surface area (Å²) in [6.45, 7) is 4.74. The van der Waals surface area contributed by atoms with E-state index in [9.17, 15) is 9.50 Å². The molecule has 1 aliphatic heterocycles. The number of pyridine rings is 1. The van der Waals surface area contributed by atoms with Crippen molar-refractivity contribution in [2.75, 3.05) is 26.2 Å². The van der Waals surface area contributed by atoms with Gasteiger partial charge >= 0.3 is 0 Å². The molecule has 0 bridgehead atoms. The van der Waals surface area contributed by atoms with E-state index in [1.165, 1.54) is 17.7 Å². The van der Waals surface area contributed by atoms with E-state index in [1.807, 2.05) is 18.2 Å². The number of aromatic nitrogens is 1. The Morgan fingerprint density at radius 1 is 1.00 bits per heavy atom. The molecule has 146 valence electrons. The number of hydrogen-bond donors (Lipinski definition) is 1. The van der Waals surface area contributed by atoms with E-state index in [0.29, 0.717) is 6.04 Å². The zero-order chi connectivity index (χ0) is 19.3. The molecule has 2 aromatic carbocycles. The molecule has 0 radical (unpaired) electrons. The van der Waals surface area contributed by atoms with Crippen LogP contribution in [-0.4, -0.2) is 52.2 Å². The summed E-state index contributed by atoms with van der Waals surface area (Å²) in [5, 5.41) is 10.4. The molecule has 1 saturated heterocycles. The Hall–Kier alpha value is -2.34. The second-order valence-corrected chi connectivity index (χ2v) is 7.50. The number of aliphatic hydroxyl groups is 1. The van der Waals surface area contributed by atoms with Crippen LogP contribution < -0.4 is 0 Å². The Morgan fingerprint density at radius 2 is 1.86 bits per heavy atom. The van der Waals surface area contributed by atoms with Crippen LogP contribution >= 0.6 is 0 Å². The molecular weight excluding hydrogens is 353 g/mol. The summed E-state index contributed by atoms with van der Waals surface area (Å²) >= 11 is 0. The second-order valence-electron chi connectivity index (χ2n) is 7.50. The van der Waals surface area contributed by atoms with E-state index in [2.05, 4.69) is 34.1 Å². The van der Waals surface area contributed by atoms with Crippen molar-refractivity contribution in [3.05, 3.63) is 77.7 Å². The fraction of sp³-hybridized carbons (Fsp3) is 0.348. The molecule has 1 N–H and O–H groups in total. The normalized spacial score (nSPS) is 18.6. The van der Waals surface area contributed by atoms with Gasteiger partial charge in [-0.1, -0.05) is 36.4 Å². The maximum atomic E-state index is 13.4. The molecule has 3 aromatic rings. The summed E-state index contributed by atoms with van der Waals surface area (Å²) < 4.78 is 13.4. The third-order valence-corrected chi connectivity index (χ3v) is 5.47. The number of fused-ring (bicyclic) bond motifs is 1. The lowest BCUT2D eigenvalue weighted by atomic mass is 10.1. The monoisotopic (exact) mass is 379 g/mol. The predicted octanol–water partition coefficient (Wildman–Crippen LogP) is 3.44. The minimum Gasteiger partial charge on any atom is -0.396 e. The minimum absolute atomic E-state index is 0.198.